The van der Waals surface area contributed by atoms with Gasteiger partial charge in [-0.3, -0.25) is 4.68 Å². The molecular formula is C13H15F2N3. The van der Waals surface area contributed by atoms with Crippen molar-refractivity contribution in [2.45, 2.75) is 20.4 Å². The molecule has 0 saturated carbocycles. The summed E-state index contributed by atoms with van der Waals surface area (Å²) in [5.41, 5.74) is 2.09. The van der Waals surface area contributed by atoms with Gasteiger partial charge in [0.1, 0.15) is 11.5 Å². The Morgan fingerprint density at radius 1 is 1.28 bits per heavy atom. The van der Waals surface area contributed by atoms with Crippen molar-refractivity contribution in [3.8, 4) is 0 Å². The maximum Gasteiger partial charge on any atom is 0.152 e. The SMILES string of the molecule is Cc1ccc(F)c(NCc2cn(C)nc2C)c1F. The van der Waals surface area contributed by atoms with E-state index < -0.39 is 11.6 Å². The van der Waals surface area contributed by atoms with Crippen LogP contribution in [0.1, 0.15) is 16.8 Å². The molecule has 0 aliphatic rings. The van der Waals surface area contributed by atoms with Gasteiger partial charge in [-0.25, -0.2) is 8.78 Å². The van der Waals surface area contributed by atoms with E-state index in [0.29, 0.717) is 12.1 Å². The van der Waals surface area contributed by atoms with Crippen molar-refractivity contribution in [1.82, 2.24) is 9.78 Å². The Hall–Kier alpha value is -1.91. The highest BCUT2D eigenvalue weighted by molar-refractivity contribution is 5.49. The second-order valence-corrected chi connectivity index (χ2v) is 4.32. The van der Waals surface area contributed by atoms with E-state index in [1.54, 1.807) is 11.6 Å². The highest BCUT2D eigenvalue weighted by Gasteiger charge is 2.12. The first-order valence-corrected chi connectivity index (χ1v) is 5.66. The minimum atomic E-state index is -0.584. The Labute approximate surface area is 104 Å². The highest BCUT2D eigenvalue weighted by Crippen LogP contribution is 2.22. The second kappa shape index (κ2) is 4.76. The summed E-state index contributed by atoms with van der Waals surface area (Å²) in [4.78, 5) is 0. The molecule has 3 nitrogen and oxygen atoms in total. The molecule has 2 rings (SSSR count). The number of rotatable bonds is 3. The lowest BCUT2D eigenvalue weighted by Gasteiger charge is -2.09. The van der Waals surface area contributed by atoms with Gasteiger partial charge in [-0.2, -0.15) is 5.10 Å². The monoisotopic (exact) mass is 251 g/mol. The summed E-state index contributed by atoms with van der Waals surface area (Å²) in [5, 5.41) is 6.96. The van der Waals surface area contributed by atoms with Gasteiger partial charge in [-0.05, 0) is 25.5 Å². The summed E-state index contributed by atoms with van der Waals surface area (Å²) in [6.45, 7) is 3.81. The van der Waals surface area contributed by atoms with Crippen LogP contribution >= 0.6 is 0 Å². The number of hydrogen-bond donors (Lipinski definition) is 1. The first kappa shape index (κ1) is 12.5. The van der Waals surface area contributed by atoms with E-state index in [2.05, 4.69) is 10.4 Å². The van der Waals surface area contributed by atoms with Crippen molar-refractivity contribution in [3.05, 3.63) is 46.8 Å². The molecule has 1 N–H and O–H groups in total. The molecule has 2 aromatic rings. The maximum atomic E-state index is 13.7. The summed E-state index contributed by atoms with van der Waals surface area (Å²) < 4.78 is 28.9. The van der Waals surface area contributed by atoms with Crippen molar-refractivity contribution in [1.29, 1.82) is 0 Å². The summed E-state index contributed by atoms with van der Waals surface area (Å²) in [7, 11) is 1.81. The van der Waals surface area contributed by atoms with Crippen molar-refractivity contribution >= 4 is 5.69 Å². The fourth-order valence-corrected chi connectivity index (χ4v) is 1.82. The molecule has 1 aromatic carbocycles. The molecule has 0 saturated heterocycles. The Morgan fingerprint density at radius 2 is 2.00 bits per heavy atom. The zero-order valence-electron chi connectivity index (χ0n) is 10.6. The lowest BCUT2D eigenvalue weighted by molar-refractivity contribution is 0.582. The molecule has 1 heterocycles. The molecule has 0 amide bonds. The first-order valence-electron chi connectivity index (χ1n) is 5.66. The van der Waals surface area contributed by atoms with E-state index in [1.807, 2.05) is 20.2 Å². The van der Waals surface area contributed by atoms with Crippen LogP contribution in [0.15, 0.2) is 18.3 Å². The zero-order valence-corrected chi connectivity index (χ0v) is 10.6. The average molecular weight is 251 g/mol. The van der Waals surface area contributed by atoms with E-state index in [-0.39, 0.29) is 5.69 Å². The summed E-state index contributed by atoms with van der Waals surface area (Å²) in [6.07, 6.45) is 1.83. The van der Waals surface area contributed by atoms with Crippen LogP contribution in [0.25, 0.3) is 0 Å². The molecule has 0 spiro atoms. The van der Waals surface area contributed by atoms with Gasteiger partial charge in [0.25, 0.3) is 0 Å². The number of nitrogens with zero attached hydrogens (tertiary/aromatic N) is 2. The fourth-order valence-electron chi connectivity index (χ4n) is 1.82. The Morgan fingerprint density at radius 3 is 2.61 bits per heavy atom. The lowest BCUT2D eigenvalue weighted by Crippen LogP contribution is -2.05. The van der Waals surface area contributed by atoms with Gasteiger partial charge in [-0.1, -0.05) is 6.07 Å². The van der Waals surface area contributed by atoms with Crippen LogP contribution in [0.3, 0.4) is 0 Å². The molecule has 0 radical (unpaired) electrons. The number of aromatic nitrogens is 2. The smallest absolute Gasteiger partial charge is 0.152 e. The van der Waals surface area contributed by atoms with Crippen LogP contribution in [0, 0.1) is 25.5 Å². The summed E-state index contributed by atoms with van der Waals surface area (Å²) in [5.74, 6) is -1.13. The fraction of sp³-hybridized carbons (Fsp3) is 0.308. The molecule has 0 aliphatic carbocycles. The third kappa shape index (κ3) is 2.34. The van der Waals surface area contributed by atoms with Gasteiger partial charge in [0, 0.05) is 25.4 Å². The Balaban J connectivity index is 2.20. The van der Waals surface area contributed by atoms with E-state index in [4.69, 9.17) is 0 Å². The predicted molar refractivity (Wildman–Crippen MR) is 66.4 cm³/mol. The quantitative estimate of drug-likeness (QED) is 0.909. The molecule has 0 unspecified atom stereocenters. The van der Waals surface area contributed by atoms with E-state index in [1.165, 1.54) is 12.1 Å². The number of anilines is 1. The topological polar surface area (TPSA) is 29.9 Å². The molecule has 0 aliphatic heterocycles. The van der Waals surface area contributed by atoms with Crippen molar-refractivity contribution in [2.24, 2.45) is 7.05 Å². The molecule has 0 bridgehead atoms. The van der Waals surface area contributed by atoms with E-state index in [0.717, 1.165) is 11.3 Å². The van der Waals surface area contributed by atoms with Crippen LogP contribution in [0.2, 0.25) is 0 Å². The minimum Gasteiger partial charge on any atom is -0.376 e. The third-order valence-corrected chi connectivity index (χ3v) is 2.85. The second-order valence-electron chi connectivity index (χ2n) is 4.32. The average Bonchev–Trinajstić information content (AvgIpc) is 2.63. The largest absolute Gasteiger partial charge is 0.376 e. The molecular weight excluding hydrogens is 236 g/mol. The van der Waals surface area contributed by atoms with Gasteiger partial charge in [0.15, 0.2) is 5.82 Å². The number of aryl methyl sites for hydroxylation is 3. The molecule has 5 heteroatoms. The van der Waals surface area contributed by atoms with Crippen LogP contribution in [-0.4, -0.2) is 9.78 Å². The van der Waals surface area contributed by atoms with Gasteiger partial charge >= 0.3 is 0 Å². The van der Waals surface area contributed by atoms with Crippen LogP contribution < -0.4 is 5.32 Å². The molecule has 18 heavy (non-hydrogen) atoms. The van der Waals surface area contributed by atoms with Crippen molar-refractivity contribution in [3.63, 3.8) is 0 Å². The summed E-state index contributed by atoms with van der Waals surface area (Å²) >= 11 is 0. The number of hydrogen-bond acceptors (Lipinski definition) is 2. The molecule has 0 fully saturated rings. The number of nitrogens with one attached hydrogen (secondary N) is 1. The molecule has 1 aromatic heterocycles. The minimum absolute atomic E-state index is 0.0850. The Bertz CT molecular complexity index is 576. The highest BCUT2D eigenvalue weighted by atomic mass is 19.1. The van der Waals surface area contributed by atoms with Gasteiger partial charge in [-0.15, -0.1) is 0 Å². The molecule has 0 atom stereocenters. The first-order chi connectivity index (χ1) is 8.49. The van der Waals surface area contributed by atoms with Crippen LogP contribution in [0.5, 0.6) is 0 Å². The zero-order chi connectivity index (χ0) is 13.3. The molecule has 96 valence electrons. The van der Waals surface area contributed by atoms with Crippen LogP contribution in [0.4, 0.5) is 14.5 Å². The lowest BCUT2D eigenvalue weighted by atomic mass is 10.2. The van der Waals surface area contributed by atoms with Crippen molar-refractivity contribution in [2.75, 3.05) is 5.32 Å². The maximum absolute atomic E-state index is 13.7. The number of halogens is 2. The standard InChI is InChI=1S/C13H15F2N3/c1-8-4-5-11(14)13(12(8)15)16-6-10-7-18(3)17-9(10)2/h4-5,7,16H,6H2,1-3H3. The van der Waals surface area contributed by atoms with Gasteiger partial charge in [0.05, 0.1) is 5.69 Å². The van der Waals surface area contributed by atoms with Gasteiger partial charge < -0.3 is 5.32 Å². The van der Waals surface area contributed by atoms with Gasteiger partial charge in [0.2, 0.25) is 0 Å². The van der Waals surface area contributed by atoms with Crippen LogP contribution in [-0.2, 0) is 13.6 Å². The predicted octanol–water partition coefficient (Wildman–Crippen LogP) is 2.93. The van der Waals surface area contributed by atoms with E-state index >= 15 is 0 Å². The van der Waals surface area contributed by atoms with Crippen molar-refractivity contribution < 1.29 is 8.78 Å². The normalized spacial score (nSPS) is 10.7. The Kier molecular flexibility index (Phi) is 3.32. The van der Waals surface area contributed by atoms with E-state index in [9.17, 15) is 8.78 Å². The summed E-state index contributed by atoms with van der Waals surface area (Å²) in [6, 6.07) is 2.68. The number of benzene rings is 1. The third-order valence-electron chi connectivity index (χ3n) is 2.85.